The molecule has 4 aromatic rings. The average molecular weight is 470 g/mol. The van der Waals surface area contributed by atoms with E-state index in [4.69, 9.17) is 0 Å². The first-order valence-electron chi connectivity index (χ1n) is 10.1. The number of pyridine rings is 2. The lowest BCUT2D eigenvalue weighted by atomic mass is 10.1. The SMILES string of the molecule is CC#Cc1nc(NCCCc2ccc(C(F)(F)F)nc2)sc1-c1ccc2cnc(F)cc2c1. The van der Waals surface area contributed by atoms with Gasteiger partial charge in [-0.25, -0.2) is 9.97 Å². The standard InChI is InChI=1S/C24H18F4N4S/c1-2-4-19-22(16-7-8-17-14-31-21(25)12-18(17)11-16)33-23(32-19)29-10-3-5-15-6-9-20(30-13-15)24(26,27)28/h6-9,11-14H,3,5,10H2,1H3,(H,29,32). The topological polar surface area (TPSA) is 50.7 Å². The van der Waals surface area contributed by atoms with Crippen LogP contribution in [0, 0.1) is 17.8 Å². The third-order valence-corrected chi connectivity index (χ3v) is 5.92. The first-order valence-corrected chi connectivity index (χ1v) is 10.9. The molecule has 33 heavy (non-hydrogen) atoms. The lowest BCUT2D eigenvalue weighted by molar-refractivity contribution is -0.141. The highest BCUT2D eigenvalue weighted by Crippen LogP contribution is 2.34. The molecule has 0 aliphatic rings. The number of thiazole rings is 1. The number of rotatable bonds is 6. The number of anilines is 1. The second kappa shape index (κ2) is 9.55. The fourth-order valence-corrected chi connectivity index (χ4v) is 4.22. The number of nitrogens with zero attached hydrogens (tertiary/aromatic N) is 3. The van der Waals surface area contributed by atoms with E-state index in [1.807, 2.05) is 18.2 Å². The molecular weight excluding hydrogens is 452 g/mol. The number of benzene rings is 1. The van der Waals surface area contributed by atoms with Gasteiger partial charge in [-0.3, -0.25) is 4.98 Å². The average Bonchev–Trinajstić information content (AvgIpc) is 3.19. The molecule has 0 aliphatic heterocycles. The molecule has 0 amide bonds. The Bertz CT molecular complexity index is 1330. The second-order valence-corrected chi connectivity index (χ2v) is 8.22. The quantitative estimate of drug-likeness (QED) is 0.155. The van der Waals surface area contributed by atoms with Crippen molar-refractivity contribution in [1.82, 2.24) is 15.0 Å². The summed E-state index contributed by atoms with van der Waals surface area (Å²) in [5.41, 5.74) is 1.36. The number of hydrogen-bond acceptors (Lipinski definition) is 5. The van der Waals surface area contributed by atoms with Crippen molar-refractivity contribution in [2.75, 3.05) is 11.9 Å². The Morgan fingerprint density at radius 3 is 2.61 bits per heavy atom. The lowest BCUT2D eigenvalue weighted by Gasteiger charge is -2.07. The molecule has 0 bridgehead atoms. The van der Waals surface area contributed by atoms with E-state index in [9.17, 15) is 17.6 Å². The van der Waals surface area contributed by atoms with E-state index in [-0.39, 0.29) is 0 Å². The number of aryl methyl sites for hydroxylation is 1. The maximum Gasteiger partial charge on any atom is 0.433 e. The van der Waals surface area contributed by atoms with Gasteiger partial charge in [-0.05, 0) is 54.3 Å². The molecule has 0 saturated heterocycles. The molecule has 0 radical (unpaired) electrons. The van der Waals surface area contributed by atoms with Crippen molar-refractivity contribution in [2.45, 2.75) is 25.9 Å². The number of aromatic nitrogens is 3. The molecular formula is C24H18F4N4S. The predicted molar refractivity (Wildman–Crippen MR) is 121 cm³/mol. The van der Waals surface area contributed by atoms with Gasteiger partial charge in [0.2, 0.25) is 5.95 Å². The van der Waals surface area contributed by atoms with E-state index in [0.717, 1.165) is 32.8 Å². The summed E-state index contributed by atoms with van der Waals surface area (Å²) in [6, 6.07) is 9.53. The normalized spacial score (nSPS) is 11.3. The van der Waals surface area contributed by atoms with E-state index in [1.54, 1.807) is 6.92 Å². The first-order chi connectivity index (χ1) is 15.8. The molecule has 0 saturated carbocycles. The minimum absolute atomic E-state index is 0.539. The van der Waals surface area contributed by atoms with Crippen LogP contribution < -0.4 is 5.32 Å². The van der Waals surface area contributed by atoms with Crippen molar-refractivity contribution < 1.29 is 17.6 Å². The van der Waals surface area contributed by atoms with E-state index < -0.39 is 17.8 Å². The van der Waals surface area contributed by atoms with Crippen LogP contribution in [-0.4, -0.2) is 21.5 Å². The van der Waals surface area contributed by atoms with E-state index in [1.165, 1.54) is 35.9 Å². The van der Waals surface area contributed by atoms with Crippen LogP contribution in [0.25, 0.3) is 21.2 Å². The summed E-state index contributed by atoms with van der Waals surface area (Å²) in [5.74, 6) is 5.34. The summed E-state index contributed by atoms with van der Waals surface area (Å²) < 4.78 is 51.4. The highest BCUT2D eigenvalue weighted by molar-refractivity contribution is 7.19. The van der Waals surface area contributed by atoms with Gasteiger partial charge in [-0.1, -0.05) is 35.5 Å². The Balaban J connectivity index is 1.44. The summed E-state index contributed by atoms with van der Waals surface area (Å²) in [5, 5.41) is 5.52. The highest BCUT2D eigenvalue weighted by atomic mass is 32.1. The smallest absolute Gasteiger partial charge is 0.361 e. The summed E-state index contributed by atoms with van der Waals surface area (Å²) in [4.78, 5) is 12.6. The van der Waals surface area contributed by atoms with E-state index in [2.05, 4.69) is 32.1 Å². The maximum atomic E-state index is 13.5. The van der Waals surface area contributed by atoms with Crippen molar-refractivity contribution in [2.24, 2.45) is 0 Å². The summed E-state index contributed by atoms with van der Waals surface area (Å²) in [6.45, 7) is 2.32. The molecule has 0 fully saturated rings. The van der Waals surface area contributed by atoms with Crippen LogP contribution in [0.3, 0.4) is 0 Å². The van der Waals surface area contributed by atoms with Crippen molar-refractivity contribution in [3.8, 4) is 22.3 Å². The summed E-state index contributed by atoms with van der Waals surface area (Å²) in [6.07, 6.45) is -0.399. The molecule has 4 nitrogen and oxygen atoms in total. The number of halogens is 4. The molecule has 3 heterocycles. The van der Waals surface area contributed by atoms with E-state index in [0.29, 0.717) is 30.2 Å². The van der Waals surface area contributed by atoms with Crippen molar-refractivity contribution in [1.29, 1.82) is 0 Å². The fraction of sp³-hybridized carbons (Fsp3) is 0.208. The van der Waals surface area contributed by atoms with Crippen LogP contribution in [0.2, 0.25) is 0 Å². The molecule has 0 unspecified atom stereocenters. The van der Waals surface area contributed by atoms with Gasteiger partial charge in [-0.2, -0.15) is 17.6 Å². The van der Waals surface area contributed by atoms with Crippen molar-refractivity contribution in [3.05, 3.63) is 71.7 Å². The monoisotopic (exact) mass is 470 g/mol. The maximum absolute atomic E-state index is 13.5. The largest absolute Gasteiger partial charge is 0.433 e. The summed E-state index contributed by atoms with van der Waals surface area (Å²) in [7, 11) is 0. The number of hydrogen-bond donors (Lipinski definition) is 1. The van der Waals surface area contributed by atoms with Crippen LogP contribution in [0.1, 0.15) is 30.3 Å². The highest BCUT2D eigenvalue weighted by Gasteiger charge is 2.31. The fourth-order valence-electron chi connectivity index (χ4n) is 3.28. The van der Waals surface area contributed by atoms with Gasteiger partial charge in [-0.15, -0.1) is 0 Å². The molecule has 9 heteroatoms. The zero-order chi connectivity index (χ0) is 23.4. The van der Waals surface area contributed by atoms with Gasteiger partial charge in [0.25, 0.3) is 0 Å². The third-order valence-electron chi connectivity index (χ3n) is 4.85. The Labute approximate surface area is 191 Å². The van der Waals surface area contributed by atoms with Crippen molar-refractivity contribution >= 4 is 27.2 Å². The van der Waals surface area contributed by atoms with Gasteiger partial charge < -0.3 is 5.32 Å². The Morgan fingerprint density at radius 2 is 1.88 bits per heavy atom. The van der Waals surface area contributed by atoms with Crippen LogP contribution in [0.15, 0.2) is 48.8 Å². The minimum Gasteiger partial charge on any atom is -0.361 e. The molecule has 3 aromatic heterocycles. The lowest BCUT2D eigenvalue weighted by Crippen LogP contribution is -2.08. The van der Waals surface area contributed by atoms with Crippen LogP contribution in [0.4, 0.5) is 22.7 Å². The van der Waals surface area contributed by atoms with Gasteiger partial charge in [0.05, 0.1) is 4.88 Å². The number of alkyl halides is 3. The molecule has 1 N–H and O–H groups in total. The minimum atomic E-state index is -4.43. The Kier molecular flexibility index (Phi) is 6.56. The number of nitrogens with one attached hydrogen (secondary N) is 1. The van der Waals surface area contributed by atoms with Gasteiger partial charge in [0, 0.05) is 30.4 Å². The predicted octanol–water partition coefficient (Wildman–Crippen LogP) is 6.33. The van der Waals surface area contributed by atoms with Crippen molar-refractivity contribution in [3.63, 3.8) is 0 Å². The summed E-state index contributed by atoms with van der Waals surface area (Å²) >= 11 is 1.44. The molecule has 1 aromatic carbocycles. The van der Waals surface area contributed by atoms with E-state index >= 15 is 0 Å². The molecule has 0 spiro atoms. The van der Waals surface area contributed by atoms with Crippen LogP contribution in [0.5, 0.6) is 0 Å². The zero-order valence-corrected chi connectivity index (χ0v) is 18.3. The van der Waals surface area contributed by atoms with Crippen LogP contribution >= 0.6 is 11.3 Å². The molecule has 0 atom stereocenters. The molecule has 4 rings (SSSR count). The number of fused-ring (bicyclic) bond motifs is 1. The van der Waals surface area contributed by atoms with Crippen LogP contribution in [-0.2, 0) is 12.6 Å². The zero-order valence-electron chi connectivity index (χ0n) is 17.5. The molecule has 0 aliphatic carbocycles. The molecule has 168 valence electrons. The second-order valence-electron chi connectivity index (χ2n) is 7.22. The van der Waals surface area contributed by atoms with Gasteiger partial charge >= 0.3 is 6.18 Å². The first kappa shape index (κ1) is 22.7. The van der Waals surface area contributed by atoms with Gasteiger partial charge in [0.15, 0.2) is 5.13 Å². The Morgan fingerprint density at radius 1 is 1.03 bits per heavy atom. The third kappa shape index (κ3) is 5.46. The Hall–Kier alpha value is -3.51. The van der Waals surface area contributed by atoms with Gasteiger partial charge in [0.1, 0.15) is 11.4 Å².